The highest BCUT2D eigenvalue weighted by atomic mass is 35.5. The zero-order valence-corrected chi connectivity index (χ0v) is 14.9. The average Bonchev–Trinajstić information content (AvgIpc) is 2.64. The number of nitrogens with two attached hydrogens (primary N) is 1. The van der Waals surface area contributed by atoms with Crippen molar-refractivity contribution in [1.29, 1.82) is 0 Å². The summed E-state index contributed by atoms with van der Waals surface area (Å²) >= 11 is 0. The minimum atomic E-state index is -1.71. The van der Waals surface area contributed by atoms with E-state index in [1.54, 1.807) is 0 Å². The van der Waals surface area contributed by atoms with Crippen LogP contribution in [-0.4, -0.2) is 25.0 Å². The molecule has 0 amide bonds. The minimum absolute atomic E-state index is 0. The number of carbonyl (C=O) groups is 1. The van der Waals surface area contributed by atoms with Crippen molar-refractivity contribution in [1.82, 2.24) is 0 Å². The van der Waals surface area contributed by atoms with E-state index in [1.807, 2.05) is 30.3 Å². The first-order chi connectivity index (χ1) is 12.4. The largest absolute Gasteiger partial charge is 0.479 e. The third-order valence-corrected chi connectivity index (χ3v) is 3.53. The number of ether oxygens (including phenoxy) is 2. The molecule has 4 nitrogen and oxygen atoms in total. The maximum atomic E-state index is 13.4. The molecule has 0 aliphatic carbocycles. The second-order valence-corrected chi connectivity index (χ2v) is 5.49. The zero-order valence-electron chi connectivity index (χ0n) is 14.1. The number of ketones is 1. The molecule has 0 bridgehead atoms. The molecule has 0 radical (unpaired) electrons. The van der Waals surface area contributed by atoms with Gasteiger partial charge in [0.15, 0.2) is 23.2 Å². The molecule has 1 atom stereocenters. The maximum absolute atomic E-state index is 13.4. The Bertz CT molecular complexity index is 736. The van der Waals surface area contributed by atoms with Gasteiger partial charge in [-0.3, -0.25) is 4.79 Å². The second kappa shape index (κ2) is 10.9. The highest BCUT2D eigenvalue weighted by molar-refractivity contribution is 5.85. The fourth-order valence-electron chi connectivity index (χ4n) is 2.06. The first-order valence-corrected chi connectivity index (χ1v) is 7.76. The lowest BCUT2D eigenvalue weighted by Crippen LogP contribution is -2.35. The number of Topliss-reactive ketones (excluding diaryl/α,β-unsaturated/α-hetero) is 1. The molecule has 0 aliphatic rings. The predicted octanol–water partition coefficient (Wildman–Crippen LogP) is 3.55. The molecule has 9 heteroatoms. The summed E-state index contributed by atoms with van der Waals surface area (Å²) in [6.07, 6.45) is 0.150. The molecule has 0 fully saturated rings. The van der Waals surface area contributed by atoms with Gasteiger partial charge >= 0.3 is 0 Å². The van der Waals surface area contributed by atoms with Crippen LogP contribution < -0.4 is 10.5 Å². The Morgan fingerprint density at radius 1 is 1.04 bits per heavy atom. The van der Waals surface area contributed by atoms with E-state index in [1.165, 1.54) is 0 Å². The van der Waals surface area contributed by atoms with E-state index in [4.69, 9.17) is 10.5 Å². The first kappa shape index (κ1) is 22.9. The van der Waals surface area contributed by atoms with Gasteiger partial charge in [-0.2, -0.15) is 8.78 Å². The molecule has 27 heavy (non-hydrogen) atoms. The molecule has 2 aromatic carbocycles. The van der Waals surface area contributed by atoms with Gasteiger partial charge in [0.05, 0.1) is 12.6 Å². The summed E-state index contributed by atoms with van der Waals surface area (Å²) in [5.41, 5.74) is 6.61. The zero-order chi connectivity index (χ0) is 19.1. The number of hydrogen-bond donors (Lipinski definition) is 1. The van der Waals surface area contributed by atoms with E-state index in [2.05, 4.69) is 4.74 Å². The Hall–Kier alpha value is -2.16. The molecule has 2 rings (SSSR count). The quantitative estimate of drug-likeness (QED) is 0.392. The van der Waals surface area contributed by atoms with E-state index in [-0.39, 0.29) is 31.5 Å². The lowest BCUT2D eigenvalue weighted by molar-refractivity contribution is -0.122. The number of hydrogen-bond acceptors (Lipinski definition) is 4. The molecule has 2 aromatic rings. The van der Waals surface area contributed by atoms with Crippen molar-refractivity contribution >= 4 is 18.2 Å². The van der Waals surface area contributed by atoms with Crippen LogP contribution in [0, 0.1) is 23.3 Å². The highest BCUT2D eigenvalue weighted by Crippen LogP contribution is 2.26. The van der Waals surface area contributed by atoms with Crippen molar-refractivity contribution in [2.24, 2.45) is 5.73 Å². The normalized spacial score (nSPS) is 11.6. The summed E-state index contributed by atoms with van der Waals surface area (Å²) in [4.78, 5) is 11.8. The van der Waals surface area contributed by atoms with E-state index in [0.717, 1.165) is 5.56 Å². The fourth-order valence-corrected chi connectivity index (χ4v) is 2.06. The number of halogens is 5. The van der Waals surface area contributed by atoms with Crippen molar-refractivity contribution in [3.05, 3.63) is 65.2 Å². The molecule has 0 saturated carbocycles. The van der Waals surface area contributed by atoms with Crippen LogP contribution in [0.3, 0.4) is 0 Å². The summed E-state index contributed by atoms with van der Waals surface area (Å²) < 4.78 is 63.0. The smallest absolute Gasteiger partial charge is 0.203 e. The monoisotopic (exact) mass is 407 g/mol. The van der Waals surface area contributed by atoms with Crippen molar-refractivity contribution in [3.8, 4) is 5.75 Å². The molecule has 0 spiro atoms. The van der Waals surface area contributed by atoms with Crippen molar-refractivity contribution in [3.63, 3.8) is 0 Å². The van der Waals surface area contributed by atoms with Crippen LogP contribution in [0.4, 0.5) is 17.6 Å². The van der Waals surface area contributed by atoms with Gasteiger partial charge in [0.2, 0.25) is 11.6 Å². The maximum Gasteiger partial charge on any atom is 0.203 e. The number of carbonyl (C=O) groups excluding carboxylic acids is 1. The third-order valence-electron chi connectivity index (χ3n) is 3.53. The van der Waals surface area contributed by atoms with Crippen LogP contribution in [0.15, 0.2) is 36.4 Å². The van der Waals surface area contributed by atoms with Gasteiger partial charge in [0.25, 0.3) is 0 Å². The second-order valence-electron chi connectivity index (χ2n) is 5.49. The molecule has 148 valence electrons. The van der Waals surface area contributed by atoms with Gasteiger partial charge in [-0.25, -0.2) is 8.78 Å². The van der Waals surface area contributed by atoms with E-state index < -0.39 is 47.5 Å². The van der Waals surface area contributed by atoms with Crippen LogP contribution in [0.1, 0.15) is 12.0 Å². The van der Waals surface area contributed by atoms with Gasteiger partial charge in [0.1, 0.15) is 6.61 Å². The highest BCUT2D eigenvalue weighted by Gasteiger charge is 2.22. The SMILES string of the molecule is Cl.NC(CCOCc1ccccc1)C(=O)COc1c(F)c(F)cc(F)c1F. The Balaban J connectivity index is 0.00000364. The Morgan fingerprint density at radius 3 is 2.22 bits per heavy atom. The summed E-state index contributed by atoms with van der Waals surface area (Å²) in [7, 11) is 0. The summed E-state index contributed by atoms with van der Waals surface area (Å²) in [6.45, 7) is -0.299. The Morgan fingerprint density at radius 2 is 1.63 bits per heavy atom. The Labute approximate surface area is 159 Å². The number of benzene rings is 2. The molecule has 2 N–H and O–H groups in total. The fraction of sp³-hybridized carbons (Fsp3) is 0.278. The van der Waals surface area contributed by atoms with Crippen LogP contribution in [0.25, 0.3) is 0 Å². The molecular weight excluding hydrogens is 390 g/mol. The van der Waals surface area contributed by atoms with Gasteiger partial charge in [-0.05, 0) is 12.0 Å². The van der Waals surface area contributed by atoms with E-state index in [9.17, 15) is 22.4 Å². The third kappa shape index (κ3) is 6.50. The van der Waals surface area contributed by atoms with Crippen molar-refractivity contribution < 1.29 is 31.8 Å². The molecule has 1 unspecified atom stereocenters. The summed E-state index contributed by atoms with van der Waals surface area (Å²) in [5, 5.41) is 0. The predicted molar refractivity (Wildman–Crippen MR) is 92.7 cm³/mol. The molecule has 0 aliphatic heterocycles. The Kier molecular flexibility index (Phi) is 9.20. The molecular formula is C18H18ClF4NO3. The van der Waals surface area contributed by atoms with Gasteiger partial charge in [0, 0.05) is 12.7 Å². The first-order valence-electron chi connectivity index (χ1n) is 7.76. The van der Waals surface area contributed by atoms with E-state index >= 15 is 0 Å². The van der Waals surface area contributed by atoms with Crippen LogP contribution in [-0.2, 0) is 16.1 Å². The molecule has 0 heterocycles. The van der Waals surface area contributed by atoms with Gasteiger partial charge in [-0.1, -0.05) is 30.3 Å². The van der Waals surface area contributed by atoms with Crippen molar-refractivity contribution in [2.45, 2.75) is 19.1 Å². The van der Waals surface area contributed by atoms with E-state index in [0.29, 0.717) is 6.61 Å². The molecule has 0 aromatic heterocycles. The summed E-state index contributed by atoms with van der Waals surface area (Å²) in [5.74, 6) is -8.64. The van der Waals surface area contributed by atoms with Crippen LogP contribution in [0.5, 0.6) is 5.75 Å². The van der Waals surface area contributed by atoms with Crippen LogP contribution in [0.2, 0.25) is 0 Å². The van der Waals surface area contributed by atoms with Gasteiger partial charge < -0.3 is 15.2 Å². The standard InChI is InChI=1S/C18H17F4NO3.ClH/c19-12-8-13(20)17(22)18(16(12)21)26-10-15(24)14(23)6-7-25-9-11-4-2-1-3-5-11;/h1-5,8,14H,6-7,9-10,23H2;1H. The van der Waals surface area contributed by atoms with Gasteiger partial charge in [-0.15, -0.1) is 12.4 Å². The number of rotatable bonds is 9. The van der Waals surface area contributed by atoms with Crippen LogP contribution >= 0.6 is 12.4 Å². The topological polar surface area (TPSA) is 61.5 Å². The molecule has 0 saturated heterocycles. The average molecular weight is 408 g/mol. The lowest BCUT2D eigenvalue weighted by atomic mass is 10.1. The van der Waals surface area contributed by atoms with Crippen molar-refractivity contribution in [2.75, 3.05) is 13.2 Å². The minimum Gasteiger partial charge on any atom is -0.479 e. The lowest BCUT2D eigenvalue weighted by Gasteiger charge is -2.13. The summed E-state index contributed by atoms with van der Waals surface area (Å²) in [6, 6.07) is 8.39.